The van der Waals surface area contributed by atoms with Crippen molar-refractivity contribution in [3.05, 3.63) is 0 Å². The van der Waals surface area contributed by atoms with E-state index >= 15 is 0 Å². The van der Waals surface area contributed by atoms with E-state index in [4.69, 9.17) is 5.11 Å². The minimum atomic E-state index is 0.307. The molecular formula is C7H14NOS. The molecule has 0 saturated carbocycles. The van der Waals surface area contributed by atoms with Gasteiger partial charge in [0.2, 0.25) is 0 Å². The lowest BCUT2D eigenvalue weighted by Gasteiger charge is -2.13. The SMILES string of the molecule is CCSC1C[N]CC1CO. The first-order chi connectivity index (χ1) is 4.88. The van der Waals surface area contributed by atoms with Crippen LogP contribution in [-0.2, 0) is 0 Å². The molecule has 2 nitrogen and oxygen atoms in total. The first-order valence-corrected chi connectivity index (χ1v) is 4.79. The standard InChI is InChI=1S/C7H14NOS/c1-2-10-7-4-8-3-6(7)5-9/h6-7,9H,2-5H2,1H3. The third-order valence-electron chi connectivity index (χ3n) is 1.81. The summed E-state index contributed by atoms with van der Waals surface area (Å²) < 4.78 is 0. The lowest BCUT2D eigenvalue weighted by atomic mass is 10.1. The zero-order valence-electron chi connectivity index (χ0n) is 6.29. The van der Waals surface area contributed by atoms with Crippen molar-refractivity contribution in [1.82, 2.24) is 5.32 Å². The van der Waals surface area contributed by atoms with Gasteiger partial charge in [0.1, 0.15) is 0 Å². The Morgan fingerprint density at radius 3 is 3.00 bits per heavy atom. The molecular weight excluding hydrogens is 146 g/mol. The van der Waals surface area contributed by atoms with E-state index in [1.165, 1.54) is 0 Å². The van der Waals surface area contributed by atoms with Gasteiger partial charge in [-0.25, -0.2) is 5.32 Å². The third kappa shape index (κ3) is 1.87. The van der Waals surface area contributed by atoms with Crippen LogP contribution in [0.4, 0.5) is 0 Å². The van der Waals surface area contributed by atoms with Crippen LogP contribution in [0, 0.1) is 5.92 Å². The molecule has 1 fully saturated rings. The van der Waals surface area contributed by atoms with E-state index in [0.717, 1.165) is 18.8 Å². The zero-order chi connectivity index (χ0) is 7.40. The first-order valence-electron chi connectivity index (χ1n) is 3.74. The van der Waals surface area contributed by atoms with Crippen molar-refractivity contribution in [3.63, 3.8) is 0 Å². The predicted octanol–water partition coefficient (Wildman–Crippen LogP) is 0.335. The van der Waals surface area contributed by atoms with Crippen molar-refractivity contribution < 1.29 is 5.11 Å². The van der Waals surface area contributed by atoms with E-state index in [0.29, 0.717) is 17.8 Å². The van der Waals surface area contributed by atoms with Gasteiger partial charge < -0.3 is 5.11 Å². The van der Waals surface area contributed by atoms with Gasteiger partial charge in [-0.05, 0) is 5.75 Å². The molecule has 2 atom stereocenters. The molecule has 1 heterocycles. The number of rotatable bonds is 3. The largest absolute Gasteiger partial charge is 0.396 e. The van der Waals surface area contributed by atoms with Crippen molar-refractivity contribution in [3.8, 4) is 0 Å². The van der Waals surface area contributed by atoms with Gasteiger partial charge in [-0.3, -0.25) is 0 Å². The highest BCUT2D eigenvalue weighted by Gasteiger charge is 2.26. The monoisotopic (exact) mass is 160 g/mol. The number of hydrogen-bond donors (Lipinski definition) is 1. The molecule has 1 saturated heterocycles. The maximum Gasteiger partial charge on any atom is 0.0483 e. The lowest BCUT2D eigenvalue weighted by molar-refractivity contribution is 0.240. The van der Waals surface area contributed by atoms with Gasteiger partial charge in [-0.2, -0.15) is 11.8 Å². The van der Waals surface area contributed by atoms with Crippen LogP contribution in [0.3, 0.4) is 0 Å². The molecule has 0 aromatic carbocycles. The third-order valence-corrected chi connectivity index (χ3v) is 3.11. The fourth-order valence-electron chi connectivity index (χ4n) is 1.21. The molecule has 0 bridgehead atoms. The molecule has 0 aliphatic carbocycles. The molecule has 2 unspecified atom stereocenters. The summed E-state index contributed by atoms with van der Waals surface area (Å²) >= 11 is 1.92. The molecule has 3 heteroatoms. The summed E-state index contributed by atoms with van der Waals surface area (Å²) in [5, 5.41) is 13.7. The highest BCUT2D eigenvalue weighted by atomic mass is 32.2. The summed E-state index contributed by atoms with van der Waals surface area (Å²) in [6.07, 6.45) is 0. The maximum atomic E-state index is 8.89. The Bertz CT molecular complexity index is 99.6. The minimum Gasteiger partial charge on any atom is -0.396 e. The summed E-state index contributed by atoms with van der Waals surface area (Å²) in [7, 11) is 0. The number of nitrogens with zero attached hydrogens (tertiary/aromatic N) is 1. The lowest BCUT2D eigenvalue weighted by Crippen LogP contribution is -2.18. The van der Waals surface area contributed by atoms with E-state index in [-0.39, 0.29) is 0 Å². The van der Waals surface area contributed by atoms with E-state index in [1.54, 1.807) is 0 Å². The van der Waals surface area contributed by atoms with Gasteiger partial charge in [0.25, 0.3) is 0 Å². The van der Waals surface area contributed by atoms with E-state index in [9.17, 15) is 0 Å². The molecule has 1 radical (unpaired) electrons. The predicted molar refractivity (Wildman–Crippen MR) is 44.4 cm³/mol. The van der Waals surface area contributed by atoms with Gasteiger partial charge in [-0.1, -0.05) is 6.92 Å². The number of thioether (sulfide) groups is 1. The smallest absolute Gasteiger partial charge is 0.0483 e. The topological polar surface area (TPSA) is 34.3 Å². The Morgan fingerprint density at radius 2 is 2.40 bits per heavy atom. The summed E-state index contributed by atoms with van der Waals surface area (Å²) in [5.74, 6) is 1.57. The van der Waals surface area contributed by atoms with Crippen molar-refractivity contribution in [1.29, 1.82) is 0 Å². The summed E-state index contributed by atoms with van der Waals surface area (Å²) in [6.45, 7) is 4.27. The average Bonchev–Trinajstić information content (AvgIpc) is 2.36. The second kappa shape index (κ2) is 4.21. The minimum absolute atomic E-state index is 0.307. The van der Waals surface area contributed by atoms with Gasteiger partial charge in [0, 0.05) is 30.9 Å². The Morgan fingerprint density at radius 1 is 1.60 bits per heavy atom. The summed E-state index contributed by atoms with van der Waals surface area (Å²) in [5.41, 5.74) is 0. The van der Waals surface area contributed by atoms with Gasteiger partial charge in [0.15, 0.2) is 0 Å². The molecule has 1 N–H and O–H groups in total. The molecule has 1 aliphatic heterocycles. The number of aliphatic hydroxyl groups excluding tert-OH is 1. The Hall–Kier alpha value is 0.270. The van der Waals surface area contributed by atoms with Crippen LogP contribution < -0.4 is 5.32 Å². The van der Waals surface area contributed by atoms with Gasteiger partial charge in [-0.15, -0.1) is 0 Å². The van der Waals surface area contributed by atoms with Crippen LogP contribution in [-0.4, -0.2) is 35.8 Å². The molecule has 1 aliphatic rings. The molecule has 1 rings (SSSR count). The van der Waals surface area contributed by atoms with Gasteiger partial charge >= 0.3 is 0 Å². The number of hydrogen-bond acceptors (Lipinski definition) is 2. The van der Waals surface area contributed by atoms with Gasteiger partial charge in [0.05, 0.1) is 0 Å². The molecule has 0 aromatic rings. The Kier molecular flexibility index (Phi) is 3.52. The second-order valence-corrected chi connectivity index (χ2v) is 4.04. The Balaban J connectivity index is 2.27. The average molecular weight is 160 g/mol. The molecule has 59 valence electrons. The second-order valence-electron chi connectivity index (χ2n) is 2.53. The normalized spacial score (nSPS) is 33.0. The van der Waals surface area contributed by atoms with Crippen molar-refractivity contribution >= 4 is 11.8 Å². The maximum absolute atomic E-state index is 8.89. The highest BCUT2D eigenvalue weighted by Crippen LogP contribution is 2.22. The molecule has 10 heavy (non-hydrogen) atoms. The summed E-state index contributed by atoms with van der Waals surface area (Å²) in [6, 6.07) is 0. The summed E-state index contributed by atoms with van der Waals surface area (Å²) in [4.78, 5) is 0. The Labute approximate surface area is 66.4 Å². The van der Waals surface area contributed by atoms with Crippen molar-refractivity contribution in [2.75, 3.05) is 25.4 Å². The van der Waals surface area contributed by atoms with E-state index in [1.807, 2.05) is 11.8 Å². The molecule has 0 amide bonds. The van der Waals surface area contributed by atoms with Crippen LogP contribution in [0.5, 0.6) is 0 Å². The molecule has 0 spiro atoms. The van der Waals surface area contributed by atoms with Crippen LogP contribution in [0.25, 0.3) is 0 Å². The van der Waals surface area contributed by atoms with Crippen molar-refractivity contribution in [2.45, 2.75) is 12.2 Å². The van der Waals surface area contributed by atoms with Crippen molar-refractivity contribution in [2.24, 2.45) is 5.92 Å². The zero-order valence-corrected chi connectivity index (χ0v) is 7.10. The van der Waals surface area contributed by atoms with E-state index < -0.39 is 0 Å². The van der Waals surface area contributed by atoms with Crippen LogP contribution in [0.1, 0.15) is 6.92 Å². The van der Waals surface area contributed by atoms with E-state index in [2.05, 4.69) is 12.2 Å². The number of aliphatic hydroxyl groups is 1. The first kappa shape index (κ1) is 8.37. The van der Waals surface area contributed by atoms with Crippen LogP contribution in [0.15, 0.2) is 0 Å². The quantitative estimate of drug-likeness (QED) is 0.646. The fourth-order valence-corrected chi connectivity index (χ4v) is 2.30. The van der Waals surface area contributed by atoms with Crippen LogP contribution in [0.2, 0.25) is 0 Å². The molecule has 0 aromatic heterocycles. The highest BCUT2D eigenvalue weighted by molar-refractivity contribution is 7.99. The fraction of sp³-hybridized carbons (Fsp3) is 1.00. The van der Waals surface area contributed by atoms with Crippen LogP contribution >= 0.6 is 11.8 Å².